The van der Waals surface area contributed by atoms with Crippen molar-refractivity contribution in [2.75, 3.05) is 0 Å². The van der Waals surface area contributed by atoms with Crippen LogP contribution in [0.5, 0.6) is 0 Å². The first kappa shape index (κ1) is 16.2. The molecule has 0 amide bonds. The molecule has 8 heteroatoms. The highest BCUT2D eigenvalue weighted by Crippen LogP contribution is 2.03. The van der Waals surface area contributed by atoms with E-state index in [1.54, 1.807) is 0 Å². The van der Waals surface area contributed by atoms with Gasteiger partial charge in [0.25, 0.3) is 0 Å². The van der Waals surface area contributed by atoms with Crippen molar-refractivity contribution in [2.24, 2.45) is 0 Å². The van der Waals surface area contributed by atoms with Gasteiger partial charge >= 0.3 is 5.97 Å². The summed E-state index contributed by atoms with van der Waals surface area (Å²) in [6, 6.07) is 0. The van der Waals surface area contributed by atoms with Crippen LogP contribution in [0.4, 0.5) is 0 Å². The Hall–Kier alpha value is -0.254. The Morgan fingerprint density at radius 2 is 1.50 bits per heavy atom. The van der Waals surface area contributed by atoms with Gasteiger partial charge in [0.1, 0.15) is 18.3 Å². The summed E-state index contributed by atoms with van der Waals surface area (Å²) in [5.74, 6) is -1.76. The van der Waals surface area contributed by atoms with Crippen LogP contribution >= 0.6 is 0 Å². The number of carbonyl (C=O) groups is 2. The van der Waals surface area contributed by atoms with Crippen LogP contribution in [0.25, 0.3) is 0 Å². The van der Waals surface area contributed by atoms with Crippen molar-refractivity contribution in [3.8, 4) is 0 Å². The third kappa shape index (κ3) is 4.31. The van der Waals surface area contributed by atoms with Gasteiger partial charge in [-0.15, -0.1) is 0 Å². The highest BCUT2D eigenvalue weighted by molar-refractivity contribution is 5.75. The van der Waals surface area contributed by atoms with Crippen molar-refractivity contribution in [3.63, 3.8) is 0 Å². The van der Waals surface area contributed by atoms with Crippen molar-refractivity contribution in [2.45, 2.75) is 24.4 Å². The van der Waals surface area contributed by atoms with Crippen molar-refractivity contribution in [1.29, 1.82) is 0 Å². The summed E-state index contributed by atoms with van der Waals surface area (Å²) < 4.78 is 0. The van der Waals surface area contributed by atoms with Crippen molar-refractivity contribution in [1.82, 2.24) is 0 Å². The van der Waals surface area contributed by atoms with Gasteiger partial charge in [0.15, 0.2) is 12.4 Å². The summed E-state index contributed by atoms with van der Waals surface area (Å²) in [7, 11) is 0. The number of carboxylic acids is 1. The predicted octanol–water partition coefficient (Wildman–Crippen LogP) is -3.67. The molecule has 0 heterocycles. The van der Waals surface area contributed by atoms with Gasteiger partial charge < -0.3 is 30.3 Å². The fourth-order valence-electron chi connectivity index (χ4n) is 0.615. The lowest BCUT2D eigenvalue weighted by Gasteiger charge is -2.21. The topological polar surface area (TPSA) is 135 Å². The number of rotatable bonds is 5. The Balaban J connectivity index is 0. The molecule has 0 aromatic rings. The molecule has 0 aliphatic rings. The second-order valence-corrected chi connectivity index (χ2v) is 2.39. The van der Waals surface area contributed by atoms with Gasteiger partial charge in [-0.05, 0) is 0 Å². The molecule has 0 bridgehead atoms. The molecule has 4 atom stereocenters. The molecule has 7 nitrogen and oxygen atoms in total. The standard InChI is InChI=1S/C6H10O7.Mg/c7-1-2(8)3(9)4(10)5(11)6(12)13;/h1-5,8-11H,(H,12,13);/t2-,3+,4+,5-;/m0./s1. The Morgan fingerprint density at radius 3 is 1.79 bits per heavy atom. The maximum Gasteiger partial charge on any atom is 0.335 e. The highest BCUT2D eigenvalue weighted by Gasteiger charge is 2.33. The molecule has 0 aromatic heterocycles. The molecular formula is C6H10MgO7. The Morgan fingerprint density at radius 1 is 1.07 bits per heavy atom. The quantitative estimate of drug-likeness (QED) is 0.237. The third-order valence-electron chi connectivity index (χ3n) is 1.42. The van der Waals surface area contributed by atoms with Crippen LogP contribution in [-0.4, -0.2) is 85.3 Å². The van der Waals surface area contributed by atoms with Crippen LogP contribution in [0, 0.1) is 0 Å². The number of hydrogen-bond donors (Lipinski definition) is 5. The second kappa shape index (κ2) is 7.09. The van der Waals surface area contributed by atoms with Crippen LogP contribution in [0.3, 0.4) is 0 Å². The van der Waals surface area contributed by atoms with E-state index >= 15 is 0 Å². The van der Waals surface area contributed by atoms with Crippen molar-refractivity contribution in [3.05, 3.63) is 0 Å². The summed E-state index contributed by atoms with van der Waals surface area (Å²) in [4.78, 5) is 20.0. The first-order valence-corrected chi connectivity index (χ1v) is 3.32. The molecule has 2 radical (unpaired) electrons. The average molecular weight is 218 g/mol. The zero-order valence-electron chi connectivity index (χ0n) is 7.15. The smallest absolute Gasteiger partial charge is 0.335 e. The van der Waals surface area contributed by atoms with E-state index in [-0.39, 0.29) is 29.3 Å². The summed E-state index contributed by atoms with van der Waals surface area (Å²) >= 11 is 0. The number of aldehydes is 1. The minimum Gasteiger partial charge on any atom is -0.479 e. The number of aliphatic hydroxyl groups is 4. The minimum absolute atomic E-state index is 0. The molecule has 14 heavy (non-hydrogen) atoms. The number of hydrogen-bond acceptors (Lipinski definition) is 6. The molecule has 0 aliphatic carbocycles. The maximum absolute atomic E-state index is 10.1. The molecule has 5 N–H and O–H groups in total. The SMILES string of the molecule is O=C[C@H](O)[C@@H](O)[C@@H](O)[C@H](O)C(=O)O.[Mg]. The second-order valence-electron chi connectivity index (χ2n) is 2.39. The molecule has 0 aromatic carbocycles. The van der Waals surface area contributed by atoms with Gasteiger partial charge in [0.05, 0.1) is 0 Å². The molecule has 0 saturated carbocycles. The van der Waals surface area contributed by atoms with Crippen molar-refractivity contribution >= 4 is 35.3 Å². The molecule has 78 valence electrons. The molecule has 0 spiro atoms. The summed E-state index contributed by atoms with van der Waals surface area (Å²) in [5.41, 5.74) is 0. The fraction of sp³-hybridized carbons (Fsp3) is 0.667. The van der Waals surface area contributed by atoms with E-state index in [0.717, 1.165) is 0 Å². The Labute approximate surface area is 95.1 Å². The lowest BCUT2D eigenvalue weighted by atomic mass is 10.0. The van der Waals surface area contributed by atoms with Gasteiger partial charge in [0, 0.05) is 23.1 Å². The zero-order valence-corrected chi connectivity index (χ0v) is 8.56. The largest absolute Gasteiger partial charge is 0.479 e. The van der Waals surface area contributed by atoms with E-state index in [9.17, 15) is 9.59 Å². The van der Waals surface area contributed by atoms with Gasteiger partial charge in [-0.25, -0.2) is 4.79 Å². The molecule has 0 rings (SSSR count). The van der Waals surface area contributed by atoms with Crippen LogP contribution in [-0.2, 0) is 9.59 Å². The third-order valence-corrected chi connectivity index (χ3v) is 1.42. The lowest BCUT2D eigenvalue weighted by Crippen LogP contribution is -2.48. The molecule has 0 aliphatic heterocycles. The minimum atomic E-state index is -2.25. The monoisotopic (exact) mass is 218 g/mol. The maximum atomic E-state index is 10.1. The zero-order chi connectivity index (χ0) is 10.6. The van der Waals surface area contributed by atoms with E-state index in [0.29, 0.717) is 0 Å². The van der Waals surface area contributed by atoms with E-state index < -0.39 is 30.4 Å². The van der Waals surface area contributed by atoms with E-state index in [1.807, 2.05) is 0 Å². The molecule has 0 fully saturated rings. The van der Waals surface area contributed by atoms with Crippen LogP contribution in [0.15, 0.2) is 0 Å². The van der Waals surface area contributed by atoms with Gasteiger partial charge in [0.2, 0.25) is 0 Å². The number of aliphatic hydroxyl groups excluding tert-OH is 4. The first-order chi connectivity index (χ1) is 5.91. The summed E-state index contributed by atoms with van der Waals surface area (Å²) in [6.07, 6.45) is -8.39. The lowest BCUT2D eigenvalue weighted by molar-refractivity contribution is -0.163. The highest BCUT2D eigenvalue weighted by atomic mass is 24.3. The molecular weight excluding hydrogens is 208 g/mol. The van der Waals surface area contributed by atoms with Gasteiger partial charge in [-0.1, -0.05) is 0 Å². The van der Waals surface area contributed by atoms with Crippen molar-refractivity contribution < 1.29 is 35.1 Å². The number of carboxylic acid groups (broad SMARTS) is 1. The summed E-state index contributed by atoms with van der Waals surface area (Å²) in [5, 5.41) is 43.2. The summed E-state index contributed by atoms with van der Waals surface area (Å²) in [6.45, 7) is 0. The Bertz CT molecular complexity index is 197. The fourth-order valence-corrected chi connectivity index (χ4v) is 0.615. The number of carbonyl (C=O) groups excluding carboxylic acids is 1. The Kier molecular flexibility index (Phi) is 8.20. The van der Waals surface area contributed by atoms with E-state index in [4.69, 9.17) is 25.5 Å². The molecule has 0 unspecified atom stereocenters. The molecule has 0 saturated heterocycles. The van der Waals surface area contributed by atoms with Crippen LogP contribution < -0.4 is 0 Å². The van der Waals surface area contributed by atoms with Crippen LogP contribution in [0.1, 0.15) is 0 Å². The van der Waals surface area contributed by atoms with E-state index in [2.05, 4.69) is 0 Å². The number of aliphatic carboxylic acids is 1. The van der Waals surface area contributed by atoms with Crippen LogP contribution in [0.2, 0.25) is 0 Å². The average Bonchev–Trinajstić information content (AvgIpc) is 2.12. The van der Waals surface area contributed by atoms with E-state index in [1.165, 1.54) is 0 Å². The van der Waals surface area contributed by atoms with Gasteiger partial charge in [-0.2, -0.15) is 0 Å². The normalized spacial score (nSPS) is 18.6. The predicted molar refractivity (Wildman–Crippen MR) is 43.5 cm³/mol. The van der Waals surface area contributed by atoms with Gasteiger partial charge in [-0.3, -0.25) is 0 Å². The first-order valence-electron chi connectivity index (χ1n) is 3.32.